The topological polar surface area (TPSA) is 55.4 Å². The van der Waals surface area contributed by atoms with Gasteiger partial charge in [-0.25, -0.2) is 0 Å². The van der Waals surface area contributed by atoms with Crippen LogP contribution in [0.25, 0.3) is 0 Å². The van der Waals surface area contributed by atoms with Crippen LogP contribution in [0.2, 0.25) is 0 Å². The maximum atomic E-state index is 5.38. The van der Waals surface area contributed by atoms with Crippen LogP contribution in [0, 0.1) is 0 Å². The monoisotopic (exact) mass is 266 g/mol. The third kappa shape index (κ3) is 13.8. The van der Waals surface area contributed by atoms with Crippen molar-refractivity contribution in [3.63, 3.8) is 0 Å². The van der Waals surface area contributed by atoms with E-state index in [9.17, 15) is 0 Å². The molecule has 6 nitrogen and oxygen atoms in total. The highest BCUT2D eigenvalue weighted by atomic mass is 16.7. The summed E-state index contributed by atoms with van der Waals surface area (Å²) in [6, 6.07) is 0. The Morgan fingerprint density at radius 2 is 1.00 bits per heavy atom. The Kier molecular flexibility index (Phi) is 14.6. The Morgan fingerprint density at radius 3 is 1.39 bits per heavy atom. The molecule has 0 aliphatic carbocycles. The van der Waals surface area contributed by atoms with E-state index in [4.69, 9.17) is 28.4 Å². The molecule has 0 unspecified atom stereocenters. The average molecular weight is 266 g/mol. The van der Waals surface area contributed by atoms with Gasteiger partial charge >= 0.3 is 0 Å². The van der Waals surface area contributed by atoms with Gasteiger partial charge in [0.2, 0.25) is 0 Å². The van der Waals surface area contributed by atoms with Crippen LogP contribution in [0.1, 0.15) is 6.92 Å². The molecule has 0 aromatic carbocycles. The maximum Gasteiger partial charge on any atom is 0.155 e. The minimum atomic E-state index is -0.248. The van der Waals surface area contributed by atoms with E-state index in [1.165, 1.54) is 0 Å². The number of hydrogen-bond acceptors (Lipinski definition) is 6. The molecule has 0 atom stereocenters. The second kappa shape index (κ2) is 14.8. The molecule has 6 heteroatoms. The standard InChI is InChI=1S/C12H26O6/c1-12(17-10-8-15-6-4-13-2)18-11-9-16-7-5-14-3/h12H,4-11H2,1-3H3. The van der Waals surface area contributed by atoms with Crippen molar-refractivity contribution in [1.29, 1.82) is 0 Å². The van der Waals surface area contributed by atoms with E-state index in [1.807, 2.05) is 6.92 Å². The third-order valence-corrected chi connectivity index (χ3v) is 2.02. The van der Waals surface area contributed by atoms with Crippen molar-refractivity contribution in [3.8, 4) is 0 Å². The molecule has 0 bridgehead atoms. The first-order valence-corrected chi connectivity index (χ1v) is 6.17. The summed E-state index contributed by atoms with van der Waals surface area (Å²) in [6.45, 7) is 6.33. The molecule has 0 amide bonds. The molecular formula is C12H26O6. The van der Waals surface area contributed by atoms with Gasteiger partial charge in [0, 0.05) is 14.2 Å². The highest BCUT2D eigenvalue weighted by Gasteiger charge is 2.01. The van der Waals surface area contributed by atoms with Gasteiger partial charge in [0.05, 0.1) is 52.9 Å². The maximum absolute atomic E-state index is 5.38. The van der Waals surface area contributed by atoms with Gasteiger partial charge in [-0.3, -0.25) is 0 Å². The van der Waals surface area contributed by atoms with Crippen molar-refractivity contribution in [2.24, 2.45) is 0 Å². The van der Waals surface area contributed by atoms with E-state index < -0.39 is 0 Å². The molecule has 0 spiro atoms. The molecule has 0 saturated carbocycles. The van der Waals surface area contributed by atoms with Gasteiger partial charge < -0.3 is 28.4 Å². The Bertz CT molecular complexity index is 140. The first-order valence-electron chi connectivity index (χ1n) is 6.17. The van der Waals surface area contributed by atoms with Crippen LogP contribution in [0.5, 0.6) is 0 Å². The van der Waals surface area contributed by atoms with Gasteiger partial charge in [0.15, 0.2) is 6.29 Å². The predicted octanol–water partition coefficient (Wildman–Crippen LogP) is 0.692. The lowest BCUT2D eigenvalue weighted by Gasteiger charge is -2.14. The van der Waals surface area contributed by atoms with Crippen molar-refractivity contribution in [2.75, 3.05) is 67.1 Å². The normalized spacial score (nSPS) is 11.3. The van der Waals surface area contributed by atoms with Gasteiger partial charge in [-0.15, -0.1) is 0 Å². The van der Waals surface area contributed by atoms with Crippen molar-refractivity contribution in [2.45, 2.75) is 13.2 Å². The van der Waals surface area contributed by atoms with E-state index in [-0.39, 0.29) is 6.29 Å². The molecule has 0 aromatic heterocycles. The van der Waals surface area contributed by atoms with Gasteiger partial charge in [-0.1, -0.05) is 0 Å². The summed E-state index contributed by atoms with van der Waals surface area (Å²) in [5, 5.41) is 0. The molecule has 0 aromatic rings. The molecule has 0 radical (unpaired) electrons. The largest absolute Gasteiger partial charge is 0.382 e. The summed E-state index contributed by atoms with van der Waals surface area (Å²) >= 11 is 0. The molecule has 0 N–H and O–H groups in total. The first kappa shape index (κ1) is 17.8. The Labute approximate surface area is 109 Å². The zero-order valence-electron chi connectivity index (χ0n) is 11.7. The van der Waals surface area contributed by atoms with Crippen molar-refractivity contribution < 1.29 is 28.4 Å². The second-order valence-electron chi connectivity index (χ2n) is 3.52. The zero-order valence-corrected chi connectivity index (χ0v) is 11.7. The Hall–Kier alpha value is -0.240. The molecule has 18 heavy (non-hydrogen) atoms. The van der Waals surface area contributed by atoms with Gasteiger partial charge in [0.1, 0.15) is 0 Å². The van der Waals surface area contributed by atoms with Crippen molar-refractivity contribution in [3.05, 3.63) is 0 Å². The number of methoxy groups -OCH3 is 2. The van der Waals surface area contributed by atoms with Crippen LogP contribution < -0.4 is 0 Å². The molecule has 0 fully saturated rings. The molecule has 0 heterocycles. The number of rotatable bonds is 14. The van der Waals surface area contributed by atoms with Crippen LogP contribution in [0.4, 0.5) is 0 Å². The fourth-order valence-electron chi connectivity index (χ4n) is 1.08. The summed E-state index contributed by atoms with van der Waals surface area (Å²) in [5.41, 5.74) is 0. The minimum absolute atomic E-state index is 0.248. The van der Waals surface area contributed by atoms with Crippen LogP contribution in [-0.2, 0) is 28.4 Å². The van der Waals surface area contributed by atoms with Crippen molar-refractivity contribution >= 4 is 0 Å². The van der Waals surface area contributed by atoms with Gasteiger partial charge in [0.25, 0.3) is 0 Å². The lowest BCUT2D eigenvalue weighted by Crippen LogP contribution is -2.19. The molecule has 0 aliphatic heterocycles. The Balaban J connectivity index is 3.10. The fourth-order valence-corrected chi connectivity index (χ4v) is 1.08. The van der Waals surface area contributed by atoms with Crippen LogP contribution in [0.15, 0.2) is 0 Å². The van der Waals surface area contributed by atoms with E-state index in [2.05, 4.69) is 0 Å². The fraction of sp³-hybridized carbons (Fsp3) is 1.00. The zero-order chi connectivity index (χ0) is 13.5. The van der Waals surface area contributed by atoms with Crippen LogP contribution in [0.3, 0.4) is 0 Å². The van der Waals surface area contributed by atoms with Crippen LogP contribution in [-0.4, -0.2) is 73.4 Å². The van der Waals surface area contributed by atoms with Crippen molar-refractivity contribution in [1.82, 2.24) is 0 Å². The van der Waals surface area contributed by atoms with E-state index in [0.717, 1.165) is 0 Å². The van der Waals surface area contributed by atoms with Gasteiger partial charge in [-0.2, -0.15) is 0 Å². The average Bonchev–Trinajstić information content (AvgIpc) is 2.38. The quantitative estimate of drug-likeness (QED) is 0.341. The highest BCUT2D eigenvalue weighted by Crippen LogP contribution is 1.93. The molecule has 110 valence electrons. The van der Waals surface area contributed by atoms with Crippen LogP contribution >= 0.6 is 0 Å². The lowest BCUT2D eigenvalue weighted by atomic mass is 10.6. The van der Waals surface area contributed by atoms with Gasteiger partial charge in [-0.05, 0) is 6.92 Å². The second-order valence-corrected chi connectivity index (χ2v) is 3.52. The first-order chi connectivity index (χ1) is 8.81. The smallest absolute Gasteiger partial charge is 0.155 e. The van der Waals surface area contributed by atoms with E-state index >= 15 is 0 Å². The SMILES string of the molecule is COCCOCCOC(C)OCCOCCOC. The van der Waals surface area contributed by atoms with E-state index in [0.29, 0.717) is 52.9 Å². The number of ether oxygens (including phenoxy) is 6. The molecule has 0 rings (SSSR count). The third-order valence-electron chi connectivity index (χ3n) is 2.02. The molecule has 0 saturated heterocycles. The predicted molar refractivity (Wildman–Crippen MR) is 66.8 cm³/mol. The van der Waals surface area contributed by atoms with E-state index in [1.54, 1.807) is 14.2 Å². The summed E-state index contributed by atoms with van der Waals surface area (Å²) in [7, 11) is 3.29. The number of hydrogen-bond donors (Lipinski definition) is 0. The molecular weight excluding hydrogens is 240 g/mol. The highest BCUT2D eigenvalue weighted by molar-refractivity contribution is 4.37. The summed E-state index contributed by atoms with van der Waals surface area (Å²) in [4.78, 5) is 0. The summed E-state index contributed by atoms with van der Waals surface area (Å²) < 4.78 is 31.0. The summed E-state index contributed by atoms with van der Waals surface area (Å²) in [6.07, 6.45) is -0.248. The minimum Gasteiger partial charge on any atom is -0.382 e. The summed E-state index contributed by atoms with van der Waals surface area (Å²) in [5.74, 6) is 0. The Morgan fingerprint density at radius 1 is 0.611 bits per heavy atom. The molecule has 0 aliphatic rings. The lowest BCUT2D eigenvalue weighted by molar-refractivity contribution is -0.148.